The molecule has 1 N–H and O–H groups in total. The molecule has 7 nitrogen and oxygen atoms in total. The molecule has 1 saturated heterocycles. The second-order valence-electron chi connectivity index (χ2n) is 7.43. The molecule has 0 bridgehead atoms. The number of aromatic nitrogens is 1. The van der Waals surface area contributed by atoms with E-state index in [0.29, 0.717) is 53.2 Å². The zero-order valence-corrected chi connectivity index (χ0v) is 17.7. The van der Waals surface area contributed by atoms with Crippen molar-refractivity contribution in [1.29, 1.82) is 0 Å². The van der Waals surface area contributed by atoms with Crippen molar-refractivity contribution in [3.8, 4) is 11.5 Å². The predicted octanol–water partition coefficient (Wildman–Crippen LogP) is 3.39. The van der Waals surface area contributed by atoms with Crippen LogP contribution in [0.15, 0.2) is 36.4 Å². The monoisotopic (exact) mass is 425 g/mol. The summed E-state index contributed by atoms with van der Waals surface area (Å²) in [7, 11) is 4.86. The molecule has 2 heterocycles. The number of methoxy groups -OCH3 is 2. The number of anilines is 1. The Bertz CT molecular complexity index is 1170. The van der Waals surface area contributed by atoms with Crippen LogP contribution in [-0.2, 0) is 18.4 Å². The molecule has 3 aromatic rings. The number of rotatable bonds is 6. The van der Waals surface area contributed by atoms with Crippen molar-refractivity contribution in [2.75, 3.05) is 25.7 Å². The number of nitrogens with zero attached hydrogens (tertiary/aromatic N) is 2. The van der Waals surface area contributed by atoms with Crippen LogP contribution in [0.25, 0.3) is 10.9 Å². The first kappa shape index (κ1) is 20.7. The number of benzene rings is 2. The van der Waals surface area contributed by atoms with Gasteiger partial charge in [-0.15, -0.1) is 0 Å². The summed E-state index contributed by atoms with van der Waals surface area (Å²) in [6, 6.07) is 9.70. The standard InChI is InChI=1S/C23H24FN3O4/c1-26-18-9-7-15(24)11-17(18)21(27-10-4-5-20(27)28)22(26)23(29)25-13-14-6-8-16(30-2)12-19(14)31-3/h6-9,11-12H,4-5,10,13H2,1-3H3,(H,25,29). The topological polar surface area (TPSA) is 72.8 Å². The van der Waals surface area contributed by atoms with Crippen LogP contribution in [0.3, 0.4) is 0 Å². The Morgan fingerprint density at radius 2 is 1.97 bits per heavy atom. The summed E-state index contributed by atoms with van der Waals surface area (Å²) < 4.78 is 26.3. The molecular weight excluding hydrogens is 401 g/mol. The molecule has 1 aliphatic heterocycles. The zero-order chi connectivity index (χ0) is 22.1. The van der Waals surface area contributed by atoms with Crippen LogP contribution >= 0.6 is 0 Å². The van der Waals surface area contributed by atoms with Crippen LogP contribution in [0, 0.1) is 5.82 Å². The van der Waals surface area contributed by atoms with E-state index >= 15 is 0 Å². The first-order chi connectivity index (χ1) is 14.9. The fourth-order valence-corrected chi connectivity index (χ4v) is 4.07. The predicted molar refractivity (Wildman–Crippen MR) is 115 cm³/mol. The van der Waals surface area contributed by atoms with Gasteiger partial charge >= 0.3 is 0 Å². The van der Waals surface area contributed by atoms with E-state index in [1.807, 2.05) is 6.07 Å². The van der Waals surface area contributed by atoms with Crippen LogP contribution in [0.1, 0.15) is 28.9 Å². The maximum atomic E-state index is 14.0. The Morgan fingerprint density at radius 3 is 2.65 bits per heavy atom. The molecule has 1 aliphatic rings. The molecule has 0 atom stereocenters. The number of fused-ring (bicyclic) bond motifs is 1. The Balaban J connectivity index is 1.71. The molecule has 2 aromatic carbocycles. The van der Waals surface area contributed by atoms with E-state index in [1.54, 1.807) is 48.9 Å². The number of aryl methyl sites for hydroxylation is 1. The molecule has 1 aromatic heterocycles. The molecule has 0 aliphatic carbocycles. The smallest absolute Gasteiger partial charge is 0.270 e. The van der Waals surface area contributed by atoms with Gasteiger partial charge in [-0.3, -0.25) is 9.59 Å². The maximum Gasteiger partial charge on any atom is 0.270 e. The van der Waals surface area contributed by atoms with Crippen LogP contribution in [0.5, 0.6) is 11.5 Å². The summed E-state index contributed by atoms with van der Waals surface area (Å²) in [5.41, 5.74) is 2.24. The van der Waals surface area contributed by atoms with E-state index < -0.39 is 5.82 Å². The molecule has 8 heteroatoms. The molecule has 0 unspecified atom stereocenters. The van der Waals surface area contributed by atoms with Crippen LogP contribution in [0.4, 0.5) is 10.1 Å². The molecule has 1 fully saturated rings. The normalized spacial score (nSPS) is 13.7. The van der Waals surface area contributed by atoms with Gasteiger partial charge in [-0.05, 0) is 36.8 Å². The van der Waals surface area contributed by atoms with Crippen molar-refractivity contribution >= 4 is 28.4 Å². The van der Waals surface area contributed by atoms with E-state index in [4.69, 9.17) is 9.47 Å². The lowest BCUT2D eigenvalue weighted by atomic mass is 10.1. The van der Waals surface area contributed by atoms with E-state index in [2.05, 4.69) is 5.32 Å². The van der Waals surface area contributed by atoms with Crippen LogP contribution < -0.4 is 19.7 Å². The van der Waals surface area contributed by atoms with Crippen molar-refractivity contribution < 1.29 is 23.5 Å². The van der Waals surface area contributed by atoms with Crippen molar-refractivity contribution in [2.45, 2.75) is 19.4 Å². The van der Waals surface area contributed by atoms with E-state index in [1.165, 1.54) is 12.1 Å². The van der Waals surface area contributed by atoms with Gasteiger partial charge < -0.3 is 24.3 Å². The first-order valence-corrected chi connectivity index (χ1v) is 10.0. The number of hydrogen-bond acceptors (Lipinski definition) is 4. The first-order valence-electron chi connectivity index (χ1n) is 10.0. The Kier molecular flexibility index (Phi) is 5.54. The third-order valence-corrected chi connectivity index (χ3v) is 5.63. The average molecular weight is 425 g/mol. The molecule has 31 heavy (non-hydrogen) atoms. The highest BCUT2D eigenvalue weighted by Gasteiger charge is 2.31. The maximum absolute atomic E-state index is 14.0. The quantitative estimate of drug-likeness (QED) is 0.657. The number of carbonyl (C=O) groups excluding carboxylic acids is 2. The number of halogens is 1. The van der Waals surface area contributed by atoms with Gasteiger partial charge in [-0.1, -0.05) is 0 Å². The second kappa shape index (κ2) is 8.29. The number of carbonyl (C=O) groups is 2. The van der Waals surface area contributed by atoms with Gasteiger partial charge in [0.05, 0.1) is 25.4 Å². The zero-order valence-electron chi connectivity index (χ0n) is 17.7. The molecular formula is C23H24FN3O4. The minimum atomic E-state index is -0.416. The van der Waals surface area contributed by atoms with E-state index in [-0.39, 0.29) is 18.4 Å². The lowest BCUT2D eigenvalue weighted by Crippen LogP contribution is -2.30. The number of amides is 2. The largest absolute Gasteiger partial charge is 0.497 e. The summed E-state index contributed by atoms with van der Waals surface area (Å²) in [6.07, 6.45) is 1.12. The van der Waals surface area contributed by atoms with Crippen molar-refractivity contribution in [3.05, 3.63) is 53.5 Å². The van der Waals surface area contributed by atoms with Gasteiger partial charge in [-0.2, -0.15) is 0 Å². The lowest BCUT2D eigenvalue weighted by molar-refractivity contribution is -0.117. The van der Waals surface area contributed by atoms with Gasteiger partial charge in [0.15, 0.2) is 0 Å². The van der Waals surface area contributed by atoms with E-state index in [9.17, 15) is 14.0 Å². The highest BCUT2D eigenvalue weighted by atomic mass is 19.1. The molecule has 2 amide bonds. The van der Waals surface area contributed by atoms with Crippen molar-refractivity contribution in [1.82, 2.24) is 9.88 Å². The highest BCUT2D eigenvalue weighted by molar-refractivity contribution is 6.14. The SMILES string of the molecule is COc1ccc(CNC(=O)c2c(N3CCCC3=O)c3cc(F)ccc3n2C)c(OC)c1. The molecule has 162 valence electrons. The Morgan fingerprint density at radius 1 is 1.16 bits per heavy atom. The van der Waals surface area contributed by atoms with Crippen molar-refractivity contribution in [3.63, 3.8) is 0 Å². The molecule has 0 saturated carbocycles. The Labute approximate surface area is 179 Å². The van der Waals surface area contributed by atoms with Crippen LogP contribution in [0.2, 0.25) is 0 Å². The summed E-state index contributed by atoms with van der Waals surface area (Å²) in [6.45, 7) is 0.719. The summed E-state index contributed by atoms with van der Waals surface area (Å²) in [5, 5.41) is 3.46. The average Bonchev–Trinajstić information content (AvgIpc) is 3.31. The third-order valence-electron chi connectivity index (χ3n) is 5.63. The lowest BCUT2D eigenvalue weighted by Gasteiger charge is -2.18. The molecule has 0 spiro atoms. The number of hydrogen-bond donors (Lipinski definition) is 1. The minimum absolute atomic E-state index is 0.0670. The van der Waals surface area contributed by atoms with E-state index in [0.717, 1.165) is 5.56 Å². The second-order valence-corrected chi connectivity index (χ2v) is 7.43. The fraction of sp³-hybridized carbons (Fsp3) is 0.304. The third kappa shape index (κ3) is 3.69. The molecule has 4 rings (SSSR count). The van der Waals surface area contributed by atoms with Gasteiger partial charge in [0.25, 0.3) is 5.91 Å². The minimum Gasteiger partial charge on any atom is -0.497 e. The molecule has 0 radical (unpaired) electrons. The van der Waals surface area contributed by atoms with Gasteiger partial charge in [0.1, 0.15) is 23.0 Å². The van der Waals surface area contributed by atoms with Gasteiger partial charge in [0.2, 0.25) is 5.91 Å². The van der Waals surface area contributed by atoms with Crippen molar-refractivity contribution in [2.24, 2.45) is 7.05 Å². The Hall–Kier alpha value is -3.55. The summed E-state index contributed by atoms with van der Waals surface area (Å²) in [4.78, 5) is 27.3. The fourth-order valence-electron chi connectivity index (χ4n) is 4.07. The highest BCUT2D eigenvalue weighted by Crippen LogP contribution is 2.36. The van der Waals surface area contributed by atoms with Gasteiger partial charge in [-0.25, -0.2) is 4.39 Å². The summed E-state index contributed by atoms with van der Waals surface area (Å²) >= 11 is 0. The summed E-state index contributed by atoms with van der Waals surface area (Å²) in [5.74, 6) is 0.404. The number of nitrogens with one attached hydrogen (secondary N) is 1. The van der Waals surface area contributed by atoms with Crippen LogP contribution in [-0.4, -0.2) is 37.1 Å². The number of ether oxygens (including phenoxy) is 2. The van der Waals surface area contributed by atoms with Gasteiger partial charge in [0, 0.05) is 43.6 Å².